The average molecular weight is 489 g/mol. The Morgan fingerprint density at radius 2 is 1.34 bits per heavy atom. The fourth-order valence-corrected chi connectivity index (χ4v) is 5.79. The van der Waals surface area contributed by atoms with Crippen LogP contribution in [0.15, 0.2) is 146 Å². The van der Waals surface area contributed by atoms with Crippen molar-refractivity contribution in [2.45, 2.75) is 13.0 Å². The van der Waals surface area contributed by atoms with E-state index in [-0.39, 0.29) is 0 Å². The normalized spacial score (nSPS) is 15.7. The second-order valence-corrected chi connectivity index (χ2v) is 9.87. The molecule has 7 rings (SSSR count). The SMILES string of the molecule is C=C1/C(CCn2c3ccccc3c3cc4ccccc4cc32)=C\C=C/N(c2ccccc2)c2ccccc21. The quantitative estimate of drug-likeness (QED) is 0.240. The van der Waals surface area contributed by atoms with Gasteiger partial charge in [-0.1, -0.05) is 91.5 Å². The molecule has 6 aromatic rings. The summed E-state index contributed by atoms with van der Waals surface area (Å²) in [5.74, 6) is 0. The highest BCUT2D eigenvalue weighted by molar-refractivity contribution is 6.12. The van der Waals surface area contributed by atoms with Crippen LogP contribution < -0.4 is 4.90 Å². The van der Waals surface area contributed by atoms with Crippen LogP contribution in [0.2, 0.25) is 0 Å². The van der Waals surface area contributed by atoms with Crippen molar-refractivity contribution in [3.8, 4) is 0 Å². The Kier molecular flexibility index (Phi) is 5.44. The van der Waals surface area contributed by atoms with Gasteiger partial charge in [0.1, 0.15) is 0 Å². The topological polar surface area (TPSA) is 8.17 Å². The number of rotatable bonds is 4. The molecular weight excluding hydrogens is 460 g/mol. The first-order chi connectivity index (χ1) is 18.8. The van der Waals surface area contributed by atoms with Gasteiger partial charge in [0.2, 0.25) is 0 Å². The maximum atomic E-state index is 4.59. The van der Waals surface area contributed by atoms with Gasteiger partial charge in [-0.2, -0.15) is 0 Å². The van der Waals surface area contributed by atoms with Gasteiger partial charge in [0.15, 0.2) is 0 Å². The second kappa shape index (κ2) is 9.24. The summed E-state index contributed by atoms with van der Waals surface area (Å²) in [5.41, 5.74) is 8.35. The molecule has 2 heterocycles. The number of aromatic nitrogens is 1. The van der Waals surface area contributed by atoms with E-state index >= 15 is 0 Å². The van der Waals surface area contributed by atoms with Crippen LogP contribution >= 0.6 is 0 Å². The van der Waals surface area contributed by atoms with Crippen molar-refractivity contribution in [2.75, 3.05) is 4.90 Å². The van der Waals surface area contributed by atoms with Crippen LogP contribution in [0.4, 0.5) is 11.4 Å². The minimum absolute atomic E-state index is 0.881. The molecular formula is C36H28N2. The van der Waals surface area contributed by atoms with Gasteiger partial charge in [-0.15, -0.1) is 0 Å². The van der Waals surface area contributed by atoms with Gasteiger partial charge in [0.25, 0.3) is 0 Å². The Hall–Kier alpha value is -4.82. The van der Waals surface area contributed by atoms with E-state index in [1.54, 1.807) is 0 Å². The predicted octanol–water partition coefficient (Wildman–Crippen LogP) is 9.64. The number of hydrogen-bond donors (Lipinski definition) is 0. The predicted molar refractivity (Wildman–Crippen MR) is 163 cm³/mol. The van der Waals surface area contributed by atoms with Crippen molar-refractivity contribution in [1.29, 1.82) is 0 Å². The molecule has 0 unspecified atom stereocenters. The molecule has 0 radical (unpaired) electrons. The van der Waals surface area contributed by atoms with Crippen molar-refractivity contribution in [3.63, 3.8) is 0 Å². The molecule has 38 heavy (non-hydrogen) atoms. The molecule has 0 spiro atoms. The zero-order valence-electron chi connectivity index (χ0n) is 21.2. The minimum Gasteiger partial charge on any atom is -0.340 e. The van der Waals surface area contributed by atoms with Crippen molar-refractivity contribution in [1.82, 2.24) is 4.57 Å². The van der Waals surface area contributed by atoms with E-state index in [1.165, 1.54) is 43.7 Å². The molecule has 2 heteroatoms. The zero-order valence-corrected chi connectivity index (χ0v) is 21.2. The fraction of sp³-hybridized carbons (Fsp3) is 0.0556. The zero-order chi connectivity index (χ0) is 25.5. The summed E-state index contributed by atoms with van der Waals surface area (Å²) in [4.78, 5) is 2.24. The van der Waals surface area contributed by atoms with Crippen LogP contribution in [0.3, 0.4) is 0 Å². The standard InChI is InChI=1S/C36H28N2/c1-26-27(14-11-22-37(30-15-3-2-4-16-30)34-19-9-7-17-31(26)34)21-23-38-35-20-10-8-18-32(35)33-24-28-12-5-6-13-29(28)25-36(33)38/h2-20,22,24-25H,1,21,23H2/b22-11-,27-14-. The lowest BCUT2D eigenvalue weighted by Gasteiger charge is -2.26. The highest BCUT2D eigenvalue weighted by Crippen LogP contribution is 2.38. The summed E-state index contributed by atoms with van der Waals surface area (Å²) in [6, 6.07) is 41.2. The van der Waals surface area contributed by atoms with E-state index in [0.29, 0.717) is 0 Å². The first kappa shape index (κ1) is 22.4. The maximum absolute atomic E-state index is 4.59. The third-order valence-electron chi connectivity index (χ3n) is 7.69. The molecule has 0 atom stereocenters. The Balaban J connectivity index is 1.30. The summed E-state index contributed by atoms with van der Waals surface area (Å²) in [6.07, 6.45) is 7.44. The molecule has 0 aliphatic carbocycles. The molecule has 0 saturated heterocycles. The van der Waals surface area contributed by atoms with Crippen molar-refractivity contribution in [2.24, 2.45) is 0 Å². The molecule has 2 nitrogen and oxygen atoms in total. The molecule has 1 aromatic heterocycles. The molecule has 0 bridgehead atoms. The molecule has 0 N–H and O–H groups in total. The van der Waals surface area contributed by atoms with Gasteiger partial charge < -0.3 is 9.47 Å². The number of aryl methyl sites for hydroxylation is 1. The Morgan fingerprint density at radius 3 is 2.21 bits per heavy atom. The maximum Gasteiger partial charge on any atom is 0.0533 e. The van der Waals surface area contributed by atoms with Gasteiger partial charge in [-0.05, 0) is 70.8 Å². The highest BCUT2D eigenvalue weighted by Gasteiger charge is 2.18. The minimum atomic E-state index is 0.881. The van der Waals surface area contributed by atoms with E-state index in [2.05, 4.69) is 150 Å². The smallest absolute Gasteiger partial charge is 0.0533 e. The van der Waals surface area contributed by atoms with E-state index < -0.39 is 0 Å². The third kappa shape index (κ3) is 3.74. The fourth-order valence-electron chi connectivity index (χ4n) is 5.79. The number of anilines is 2. The molecule has 182 valence electrons. The summed E-state index contributed by atoms with van der Waals surface area (Å²) in [5, 5.41) is 5.18. The molecule has 5 aromatic carbocycles. The Morgan fingerprint density at radius 1 is 0.632 bits per heavy atom. The summed E-state index contributed by atoms with van der Waals surface area (Å²) in [7, 11) is 0. The van der Waals surface area contributed by atoms with Gasteiger partial charge in [-0.25, -0.2) is 0 Å². The van der Waals surface area contributed by atoms with Crippen LogP contribution in [0.25, 0.3) is 38.2 Å². The summed E-state index contributed by atoms with van der Waals surface area (Å²) >= 11 is 0. The number of benzene rings is 5. The van der Waals surface area contributed by atoms with Crippen molar-refractivity contribution in [3.05, 3.63) is 151 Å². The number of nitrogens with zero attached hydrogens (tertiary/aromatic N) is 2. The molecule has 0 saturated carbocycles. The van der Waals surface area contributed by atoms with Crippen LogP contribution in [-0.2, 0) is 6.54 Å². The van der Waals surface area contributed by atoms with Crippen LogP contribution in [-0.4, -0.2) is 4.57 Å². The average Bonchev–Trinajstić information content (AvgIpc) is 3.27. The highest BCUT2D eigenvalue weighted by atomic mass is 15.1. The Labute approximate surface area is 223 Å². The van der Waals surface area contributed by atoms with Crippen molar-refractivity contribution < 1.29 is 0 Å². The third-order valence-corrected chi connectivity index (χ3v) is 7.69. The second-order valence-electron chi connectivity index (χ2n) is 9.87. The van der Waals surface area contributed by atoms with E-state index in [0.717, 1.165) is 29.9 Å². The number of allylic oxidation sites excluding steroid dienone is 4. The van der Waals surface area contributed by atoms with Gasteiger partial charge in [0, 0.05) is 45.8 Å². The first-order valence-corrected chi connectivity index (χ1v) is 13.2. The van der Waals surface area contributed by atoms with Crippen LogP contribution in [0.1, 0.15) is 12.0 Å². The number of hydrogen-bond acceptors (Lipinski definition) is 1. The van der Waals surface area contributed by atoms with Gasteiger partial charge in [0.05, 0.1) is 5.69 Å². The molecule has 0 fully saturated rings. The van der Waals surface area contributed by atoms with Crippen molar-refractivity contribution >= 4 is 49.5 Å². The summed E-state index contributed by atoms with van der Waals surface area (Å²) < 4.78 is 2.48. The van der Waals surface area contributed by atoms with Gasteiger partial charge >= 0.3 is 0 Å². The van der Waals surface area contributed by atoms with E-state index in [4.69, 9.17) is 0 Å². The molecule has 0 amide bonds. The lowest BCUT2D eigenvalue weighted by Crippen LogP contribution is -2.12. The molecule has 1 aliphatic heterocycles. The number of fused-ring (bicyclic) bond motifs is 5. The largest absolute Gasteiger partial charge is 0.340 e. The Bertz CT molecular complexity index is 1890. The number of para-hydroxylation sites is 3. The first-order valence-electron chi connectivity index (χ1n) is 13.2. The lowest BCUT2D eigenvalue weighted by atomic mass is 9.93. The lowest BCUT2D eigenvalue weighted by molar-refractivity contribution is 0.750. The molecule has 1 aliphatic rings. The van der Waals surface area contributed by atoms with E-state index in [1.807, 2.05) is 0 Å². The van der Waals surface area contributed by atoms with Crippen LogP contribution in [0.5, 0.6) is 0 Å². The summed E-state index contributed by atoms with van der Waals surface area (Å²) in [6.45, 7) is 5.47. The van der Waals surface area contributed by atoms with E-state index in [9.17, 15) is 0 Å². The van der Waals surface area contributed by atoms with Gasteiger partial charge in [-0.3, -0.25) is 0 Å². The monoisotopic (exact) mass is 488 g/mol. The van der Waals surface area contributed by atoms with Crippen LogP contribution in [0, 0.1) is 0 Å².